The van der Waals surface area contributed by atoms with E-state index in [4.69, 9.17) is 11.6 Å². The van der Waals surface area contributed by atoms with E-state index in [1.807, 2.05) is 36.4 Å². The van der Waals surface area contributed by atoms with Crippen molar-refractivity contribution < 1.29 is 5.11 Å². The summed E-state index contributed by atoms with van der Waals surface area (Å²) in [6.45, 7) is 2.06. The van der Waals surface area contributed by atoms with E-state index in [0.717, 1.165) is 5.56 Å². The SMILES string of the molecule is CC(c1ccccc1)c1cc(Cl)ccc1O. The van der Waals surface area contributed by atoms with E-state index in [2.05, 4.69) is 6.92 Å². The Labute approximate surface area is 100 Å². The van der Waals surface area contributed by atoms with Crippen LogP contribution in [0.1, 0.15) is 24.0 Å². The largest absolute Gasteiger partial charge is 0.508 e. The first-order valence-corrected chi connectivity index (χ1v) is 5.59. The van der Waals surface area contributed by atoms with Gasteiger partial charge in [0.2, 0.25) is 0 Å². The van der Waals surface area contributed by atoms with E-state index >= 15 is 0 Å². The average molecular weight is 233 g/mol. The van der Waals surface area contributed by atoms with Crippen molar-refractivity contribution in [2.75, 3.05) is 0 Å². The lowest BCUT2D eigenvalue weighted by molar-refractivity contribution is 0.466. The molecule has 0 aliphatic rings. The number of halogens is 1. The maximum absolute atomic E-state index is 9.81. The van der Waals surface area contributed by atoms with Crippen molar-refractivity contribution in [2.24, 2.45) is 0 Å². The van der Waals surface area contributed by atoms with E-state index in [0.29, 0.717) is 10.8 Å². The summed E-state index contributed by atoms with van der Waals surface area (Å²) in [4.78, 5) is 0. The van der Waals surface area contributed by atoms with Gasteiger partial charge in [-0.25, -0.2) is 0 Å². The molecule has 0 heterocycles. The van der Waals surface area contributed by atoms with Crippen LogP contribution >= 0.6 is 11.6 Å². The van der Waals surface area contributed by atoms with Crippen LogP contribution in [0.15, 0.2) is 48.5 Å². The van der Waals surface area contributed by atoms with Gasteiger partial charge in [0.25, 0.3) is 0 Å². The van der Waals surface area contributed by atoms with E-state index < -0.39 is 0 Å². The predicted octanol–water partition coefficient (Wildman–Crippen LogP) is 4.20. The highest BCUT2D eigenvalue weighted by Gasteiger charge is 2.12. The highest BCUT2D eigenvalue weighted by Crippen LogP contribution is 2.32. The smallest absolute Gasteiger partial charge is 0.119 e. The second-order valence-corrected chi connectivity index (χ2v) is 4.27. The summed E-state index contributed by atoms with van der Waals surface area (Å²) in [5, 5.41) is 10.5. The summed E-state index contributed by atoms with van der Waals surface area (Å²) in [7, 11) is 0. The fourth-order valence-corrected chi connectivity index (χ4v) is 1.97. The van der Waals surface area contributed by atoms with Crippen LogP contribution in [0.4, 0.5) is 0 Å². The molecule has 0 fully saturated rings. The molecule has 82 valence electrons. The van der Waals surface area contributed by atoms with Crippen molar-refractivity contribution in [1.82, 2.24) is 0 Å². The molecule has 16 heavy (non-hydrogen) atoms. The average Bonchev–Trinajstić information content (AvgIpc) is 2.32. The fourth-order valence-electron chi connectivity index (χ4n) is 1.79. The lowest BCUT2D eigenvalue weighted by Gasteiger charge is -2.14. The van der Waals surface area contributed by atoms with E-state index in [9.17, 15) is 5.11 Å². The highest BCUT2D eigenvalue weighted by atomic mass is 35.5. The third-order valence-electron chi connectivity index (χ3n) is 2.76. The fraction of sp³-hybridized carbons (Fsp3) is 0.143. The molecule has 2 aromatic carbocycles. The molecular formula is C14H13ClO. The summed E-state index contributed by atoms with van der Waals surface area (Å²) in [5.74, 6) is 0.431. The third-order valence-corrected chi connectivity index (χ3v) is 2.99. The predicted molar refractivity (Wildman–Crippen MR) is 67.1 cm³/mol. The van der Waals surface area contributed by atoms with Gasteiger partial charge in [-0.15, -0.1) is 0 Å². The molecule has 2 heteroatoms. The highest BCUT2D eigenvalue weighted by molar-refractivity contribution is 6.30. The normalized spacial score (nSPS) is 12.4. The molecule has 0 amide bonds. The molecule has 0 saturated heterocycles. The number of hydrogen-bond acceptors (Lipinski definition) is 1. The van der Waals surface area contributed by atoms with Crippen LogP contribution in [0, 0.1) is 0 Å². The van der Waals surface area contributed by atoms with Crippen LogP contribution < -0.4 is 0 Å². The van der Waals surface area contributed by atoms with Gasteiger partial charge in [0.15, 0.2) is 0 Å². The standard InChI is InChI=1S/C14H13ClO/c1-10(11-5-3-2-4-6-11)13-9-12(15)7-8-14(13)16/h2-10,16H,1H3. The van der Waals surface area contributed by atoms with Crippen LogP contribution in [0.2, 0.25) is 5.02 Å². The lowest BCUT2D eigenvalue weighted by atomic mass is 9.92. The van der Waals surface area contributed by atoms with Gasteiger partial charge in [0.1, 0.15) is 5.75 Å². The number of aromatic hydroxyl groups is 1. The quantitative estimate of drug-likeness (QED) is 0.823. The monoisotopic (exact) mass is 232 g/mol. The van der Waals surface area contributed by atoms with Crippen LogP contribution in [0.25, 0.3) is 0 Å². The number of phenolic OH excluding ortho intramolecular Hbond substituents is 1. The Bertz CT molecular complexity index is 479. The molecule has 0 aromatic heterocycles. The summed E-state index contributed by atoms with van der Waals surface area (Å²) in [5.41, 5.74) is 2.03. The maximum atomic E-state index is 9.81. The molecule has 1 unspecified atom stereocenters. The van der Waals surface area contributed by atoms with Crippen LogP contribution in [-0.4, -0.2) is 5.11 Å². The number of rotatable bonds is 2. The summed E-state index contributed by atoms with van der Waals surface area (Å²) < 4.78 is 0. The number of benzene rings is 2. The molecular weight excluding hydrogens is 220 g/mol. The Morgan fingerprint density at radius 1 is 1.06 bits per heavy atom. The minimum Gasteiger partial charge on any atom is -0.508 e. The molecule has 0 aliphatic carbocycles. The topological polar surface area (TPSA) is 20.2 Å². The molecule has 0 spiro atoms. The second-order valence-electron chi connectivity index (χ2n) is 3.84. The molecule has 1 nitrogen and oxygen atoms in total. The minimum atomic E-state index is 0.139. The summed E-state index contributed by atoms with van der Waals surface area (Å²) in [6.07, 6.45) is 0. The zero-order valence-corrected chi connectivity index (χ0v) is 9.78. The Morgan fingerprint density at radius 2 is 1.75 bits per heavy atom. The zero-order valence-electron chi connectivity index (χ0n) is 9.02. The number of phenols is 1. The van der Waals surface area contributed by atoms with Gasteiger partial charge >= 0.3 is 0 Å². The molecule has 1 atom stereocenters. The van der Waals surface area contributed by atoms with Gasteiger partial charge in [-0.2, -0.15) is 0 Å². The van der Waals surface area contributed by atoms with Gasteiger partial charge in [0, 0.05) is 16.5 Å². The molecule has 0 saturated carbocycles. The first-order valence-electron chi connectivity index (χ1n) is 5.22. The van der Waals surface area contributed by atoms with Gasteiger partial charge < -0.3 is 5.11 Å². The second kappa shape index (κ2) is 4.58. The Balaban J connectivity index is 2.41. The van der Waals surface area contributed by atoms with Crippen LogP contribution in [0.5, 0.6) is 5.75 Å². The molecule has 2 aromatic rings. The Morgan fingerprint density at radius 3 is 2.44 bits per heavy atom. The molecule has 0 radical (unpaired) electrons. The van der Waals surface area contributed by atoms with Crippen LogP contribution in [0.3, 0.4) is 0 Å². The van der Waals surface area contributed by atoms with Gasteiger partial charge in [-0.1, -0.05) is 48.9 Å². The Kier molecular flexibility index (Phi) is 3.16. The Hall–Kier alpha value is -1.47. The lowest BCUT2D eigenvalue weighted by Crippen LogP contribution is -1.96. The summed E-state index contributed by atoms with van der Waals surface area (Å²) in [6, 6.07) is 15.2. The van der Waals surface area contributed by atoms with Crippen molar-refractivity contribution in [3.8, 4) is 5.75 Å². The van der Waals surface area contributed by atoms with Crippen molar-refractivity contribution in [3.05, 3.63) is 64.7 Å². The first-order chi connectivity index (χ1) is 7.68. The van der Waals surface area contributed by atoms with Crippen molar-refractivity contribution >= 4 is 11.6 Å². The van der Waals surface area contributed by atoms with Crippen molar-refractivity contribution in [1.29, 1.82) is 0 Å². The first kappa shape index (κ1) is 11.0. The molecule has 2 rings (SSSR count). The number of hydrogen-bond donors (Lipinski definition) is 1. The van der Waals surface area contributed by atoms with Gasteiger partial charge in [-0.3, -0.25) is 0 Å². The van der Waals surface area contributed by atoms with E-state index in [1.165, 1.54) is 5.56 Å². The summed E-state index contributed by atoms with van der Waals surface area (Å²) >= 11 is 5.94. The third kappa shape index (κ3) is 2.20. The van der Waals surface area contributed by atoms with E-state index in [1.54, 1.807) is 12.1 Å². The van der Waals surface area contributed by atoms with Gasteiger partial charge in [0.05, 0.1) is 0 Å². The molecule has 1 N–H and O–H groups in total. The molecule has 0 bridgehead atoms. The molecule has 0 aliphatic heterocycles. The van der Waals surface area contributed by atoms with Crippen molar-refractivity contribution in [2.45, 2.75) is 12.8 Å². The van der Waals surface area contributed by atoms with Crippen LogP contribution in [-0.2, 0) is 0 Å². The van der Waals surface area contributed by atoms with E-state index in [-0.39, 0.29) is 5.92 Å². The zero-order chi connectivity index (χ0) is 11.5. The van der Waals surface area contributed by atoms with Gasteiger partial charge in [-0.05, 0) is 23.8 Å². The maximum Gasteiger partial charge on any atom is 0.119 e. The van der Waals surface area contributed by atoms with Crippen molar-refractivity contribution in [3.63, 3.8) is 0 Å². The minimum absolute atomic E-state index is 0.139.